The van der Waals surface area contributed by atoms with Crippen molar-refractivity contribution >= 4 is 30.3 Å². The Morgan fingerprint density at radius 2 is 1.80 bits per heavy atom. The molecular formula is C9H13O3PS2. The lowest BCUT2D eigenvalue weighted by molar-refractivity contribution is 0.271. The van der Waals surface area contributed by atoms with Crippen LogP contribution in [-0.2, 0) is 20.9 Å². The highest BCUT2D eigenvalue weighted by molar-refractivity contribution is 8.07. The van der Waals surface area contributed by atoms with Crippen molar-refractivity contribution in [3.05, 3.63) is 24.3 Å². The fourth-order valence-electron chi connectivity index (χ4n) is 0.964. The molecule has 0 aliphatic heterocycles. The van der Waals surface area contributed by atoms with E-state index in [1.54, 1.807) is 11.8 Å². The molecule has 1 aromatic rings. The average molecular weight is 264 g/mol. The molecule has 0 heterocycles. The number of benzene rings is 1. The molecule has 0 atom stereocenters. The van der Waals surface area contributed by atoms with E-state index >= 15 is 0 Å². The molecule has 3 nitrogen and oxygen atoms in total. The van der Waals surface area contributed by atoms with Gasteiger partial charge in [0, 0.05) is 30.9 Å². The molecule has 0 spiro atoms. The van der Waals surface area contributed by atoms with Gasteiger partial charge in [-0.05, 0) is 18.4 Å². The zero-order valence-electron chi connectivity index (χ0n) is 8.80. The van der Waals surface area contributed by atoms with Gasteiger partial charge in [0.2, 0.25) is 0 Å². The van der Waals surface area contributed by atoms with Crippen LogP contribution in [0.15, 0.2) is 29.2 Å². The first-order valence-corrected chi connectivity index (χ1v) is 7.97. The molecule has 0 aromatic heterocycles. The number of thioether (sulfide) groups is 1. The third-order valence-corrected chi connectivity index (χ3v) is 4.94. The second-order valence-corrected chi connectivity index (χ2v) is 6.55. The van der Waals surface area contributed by atoms with Gasteiger partial charge in [-0.2, -0.15) is 0 Å². The van der Waals surface area contributed by atoms with Gasteiger partial charge in [0.05, 0.1) is 0 Å². The monoisotopic (exact) mass is 264 g/mol. The average Bonchev–Trinajstić information content (AvgIpc) is 2.29. The van der Waals surface area contributed by atoms with Crippen LogP contribution < -0.4 is 4.52 Å². The van der Waals surface area contributed by atoms with E-state index in [-0.39, 0.29) is 0 Å². The molecule has 15 heavy (non-hydrogen) atoms. The molecule has 1 rings (SSSR count). The van der Waals surface area contributed by atoms with E-state index in [1.165, 1.54) is 14.2 Å². The smallest absolute Gasteiger partial charge is 0.380 e. The highest BCUT2D eigenvalue weighted by Crippen LogP contribution is 2.49. The topological polar surface area (TPSA) is 27.7 Å². The largest absolute Gasteiger partial charge is 0.423 e. The quantitative estimate of drug-likeness (QED) is 0.601. The molecule has 1 aromatic carbocycles. The third kappa shape index (κ3) is 3.47. The first kappa shape index (κ1) is 13.0. The minimum absolute atomic E-state index is 0.706. The summed E-state index contributed by atoms with van der Waals surface area (Å²) in [5.74, 6) is 0.706. The van der Waals surface area contributed by atoms with Gasteiger partial charge < -0.3 is 13.6 Å². The summed E-state index contributed by atoms with van der Waals surface area (Å²) in [5.41, 5.74) is 0. The lowest BCUT2D eigenvalue weighted by atomic mass is 10.3. The Balaban J connectivity index is 2.93. The zero-order valence-corrected chi connectivity index (χ0v) is 11.3. The molecule has 0 bridgehead atoms. The van der Waals surface area contributed by atoms with Crippen molar-refractivity contribution in [2.24, 2.45) is 0 Å². The van der Waals surface area contributed by atoms with Crippen LogP contribution in [0.1, 0.15) is 0 Å². The van der Waals surface area contributed by atoms with Gasteiger partial charge in [-0.3, -0.25) is 0 Å². The Labute approximate surface area is 99.4 Å². The van der Waals surface area contributed by atoms with Crippen LogP contribution in [0.25, 0.3) is 0 Å². The van der Waals surface area contributed by atoms with Crippen LogP contribution >= 0.6 is 18.5 Å². The molecule has 0 N–H and O–H groups in total. The van der Waals surface area contributed by atoms with Gasteiger partial charge in [-0.1, -0.05) is 12.1 Å². The molecule has 0 saturated carbocycles. The standard InChI is InChI=1S/C9H13O3PS2/c1-10-13(14,11-2)12-8-6-4-5-7-9(8)15-3/h4-7H,1-3H3. The Hall–Kier alpha value is -0.0600. The fraction of sp³-hybridized carbons (Fsp3) is 0.333. The van der Waals surface area contributed by atoms with Crippen molar-refractivity contribution in [1.82, 2.24) is 0 Å². The molecule has 0 saturated heterocycles. The molecule has 0 aliphatic carbocycles. The minimum Gasteiger partial charge on any atom is -0.423 e. The van der Waals surface area contributed by atoms with Crippen molar-refractivity contribution in [2.75, 3.05) is 20.5 Å². The summed E-state index contributed by atoms with van der Waals surface area (Å²) < 4.78 is 15.7. The second-order valence-electron chi connectivity index (χ2n) is 2.55. The van der Waals surface area contributed by atoms with E-state index in [9.17, 15) is 0 Å². The summed E-state index contributed by atoms with van der Waals surface area (Å²) in [6, 6.07) is 7.65. The van der Waals surface area contributed by atoms with E-state index in [1.807, 2.05) is 30.5 Å². The molecule has 84 valence electrons. The number of hydrogen-bond donors (Lipinski definition) is 0. The van der Waals surface area contributed by atoms with Crippen molar-refractivity contribution in [1.29, 1.82) is 0 Å². The van der Waals surface area contributed by atoms with Crippen LogP contribution in [0.2, 0.25) is 0 Å². The Morgan fingerprint density at radius 3 is 2.33 bits per heavy atom. The number of hydrogen-bond acceptors (Lipinski definition) is 5. The van der Waals surface area contributed by atoms with Crippen molar-refractivity contribution in [3.8, 4) is 5.75 Å². The summed E-state index contributed by atoms with van der Waals surface area (Å²) in [6.45, 7) is -2.62. The Bertz CT molecular complexity index is 362. The minimum atomic E-state index is -2.62. The fourth-order valence-corrected chi connectivity index (χ4v) is 2.49. The second kappa shape index (κ2) is 5.87. The van der Waals surface area contributed by atoms with Crippen LogP contribution in [0, 0.1) is 0 Å². The molecule has 0 radical (unpaired) electrons. The summed E-state index contributed by atoms with van der Waals surface area (Å²) in [6.07, 6.45) is 1.98. The highest BCUT2D eigenvalue weighted by Gasteiger charge is 2.19. The lowest BCUT2D eigenvalue weighted by Crippen LogP contribution is -1.97. The maximum absolute atomic E-state index is 5.58. The van der Waals surface area contributed by atoms with E-state index in [0.29, 0.717) is 5.75 Å². The van der Waals surface area contributed by atoms with E-state index in [2.05, 4.69) is 0 Å². The summed E-state index contributed by atoms with van der Waals surface area (Å²) in [4.78, 5) is 1.01. The SMILES string of the molecule is COP(=S)(OC)Oc1ccccc1SC. The molecule has 0 unspecified atom stereocenters. The van der Waals surface area contributed by atoms with Gasteiger partial charge in [0.15, 0.2) is 0 Å². The lowest BCUT2D eigenvalue weighted by Gasteiger charge is -2.19. The zero-order chi connectivity index (χ0) is 11.3. The Kier molecular flexibility index (Phi) is 5.09. The predicted octanol–water partition coefficient (Wildman–Crippen LogP) is 3.30. The van der Waals surface area contributed by atoms with Crippen LogP contribution in [0.4, 0.5) is 0 Å². The van der Waals surface area contributed by atoms with Crippen LogP contribution in [-0.4, -0.2) is 20.5 Å². The number of para-hydroxylation sites is 1. The molecule has 6 heteroatoms. The Morgan fingerprint density at radius 1 is 1.20 bits per heavy atom. The maximum atomic E-state index is 5.58. The molecule has 0 amide bonds. The third-order valence-electron chi connectivity index (χ3n) is 1.73. The van der Waals surface area contributed by atoms with Crippen molar-refractivity contribution < 1.29 is 13.6 Å². The highest BCUT2D eigenvalue weighted by atomic mass is 32.5. The normalized spacial score (nSPS) is 11.4. The summed E-state index contributed by atoms with van der Waals surface area (Å²) in [7, 11) is 2.98. The van der Waals surface area contributed by atoms with Gasteiger partial charge in [-0.25, -0.2) is 0 Å². The van der Waals surface area contributed by atoms with E-state index in [4.69, 9.17) is 25.4 Å². The van der Waals surface area contributed by atoms with Gasteiger partial charge in [0.1, 0.15) is 5.75 Å². The molecular weight excluding hydrogens is 251 g/mol. The maximum Gasteiger partial charge on any atom is 0.380 e. The summed E-state index contributed by atoms with van der Waals surface area (Å²) >= 11 is 6.72. The number of rotatable bonds is 5. The van der Waals surface area contributed by atoms with Gasteiger partial charge in [0.25, 0.3) is 0 Å². The van der Waals surface area contributed by atoms with E-state index < -0.39 is 6.72 Å². The van der Waals surface area contributed by atoms with Crippen LogP contribution in [0.5, 0.6) is 5.75 Å². The molecule has 0 aliphatic rings. The predicted molar refractivity (Wildman–Crippen MR) is 67.2 cm³/mol. The molecule has 0 fully saturated rings. The van der Waals surface area contributed by atoms with Crippen molar-refractivity contribution in [3.63, 3.8) is 0 Å². The first-order valence-electron chi connectivity index (χ1n) is 4.19. The van der Waals surface area contributed by atoms with Gasteiger partial charge in [-0.15, -0.1) is 11.8 Å². The van der Waals surface area contributed by atoms with Crippen LogP contribution in [0.3, 0.4) is 0 Å². The summed E-state index contributed by atoms with van der Waals surface area (Å²) in [5, 5.41) is 0. The first-order chi connectivity index (χ1) is 7.15. The van der Waals surface area contributed by atoms with Gasteiger partial charge >= 0.3 is 6.72 Å². The van der Waals surface area contributed by atoms with Crippen molar-refractivity contribution in [2.45, 2.75) is 4.90 Å². The van der Waals surface area contributed by atoms with E-state index in [0.717, 1.165) is 4.90 Å².